The highest BCUT2D eigenvalue weighted by Gasteiger charge is 2.18. The number of hydrogen-bond donors (Lipinski definition) is 2. The fourth-order valence-corrected chi connectivity index (χ4v) is 1.55. The molecule has 0 spiro atoms. The number of carbonyl (C=O) groups excluding carboxylic acids is 2. The number of hydrazine groups is 1. The molecule has 0 aliphatic heterocycles. The Morgan fingerprint density at radius 3 is 2.53 bits per heavy atom. The summed E-state index contributed by atoms with van der Waals surface area (Å²) in [5.74, 6) is -0.535. The van der Waals surface area contributed by atoms with Gasteiger partial charge in [0, 0.05) is 12.4 Å². The standard InChI is InChI=1S/C12H12N4O3/c1-7-10(8(2)19-16-7)12(18)15-14-11(17)9-4-3-5-13-6-9/h3-6H,1-2H3,(H,14,17)(H,15,18). The van der Waals surface area contributed by atoms with Crippen LogP contribution in [0.4, 0.5) is 0 Å². The maximum Gasteiger partial charge on any atom is 0.275 e. The summed E-state index contributed by atoms with van der Waals surface area (Å²) in [6, 6.07) is 3.22. The fraction of sp³-hybridized carbons (Fsp3) is 0.167. The van der Waals surface area contributed by atoms with Crippen molar-refractivity contribution in [3.8, 4) is 0 Å². The van der Waals surface area contributed by atoms with Crippen LogP contribution in [0.1, 0.15) is 32.2 Å². The van der Waals surface area contributed by atoms with Crippen LogP contribution in [0.15, 0.2) is 29.0 Å². The Kier molecular flexibility index (Phi) is 3.56. The summed E-state index contributed by atoms with van der Waals surface area (Å²) in [7, 11) is 0. The summed E-state index contributed by atoms with van der Waals surface area (Å²) in [4.78, 5) is 27.3. The van der Waals surface area contributed by atoms with Gasteiger partial charge in [-0.05, 0) is 26.0 Å². The van der Waals surface area contributed by atoms with E-state index in [2.05, 4.69) is 21.0 Å². The largest absolute Gasteiger partial charge is 0.361 e. The zero-order valence-corrected chi connectivity index (χ0v) is 10.4. The van der Waals surface area contributed by atoms with E-state index in [0.29, 0.717) is 22.6 Å². The zero-order valence-electron chi connectivity index (χ0n) is 10.4. The number of aromatic nitrogens is 2. The van der Waals surface area contributed by atoms with E-state index in [4.69, 9.17) is 4.52 Å². The van der Waals surface area contributed by atoms with Crippen molar-refractivity contribution in [2.24, 2.45) is 0 Å². The first-order valence-corrected chi connectivity index (χ1v) is 5.53. The van der Waals surface area contributed by atoms with Gasteiger partial charge >= 0.3 is 0 Å². The Hall–Kier alpha value is -2.70. The minimum Gasteiger partial charge on any atom is -0.361 e. The number of amides is 2. The Morgan fingerprint density at radius 1 is 1.21 bits per heavy atom. The maximum absolute atomic E-state index is 11.8. The molecular weight excluding hydrogens is 248 g/mol. The lowest BCUT2D eigenvalue weighted by Crippen LogP contribution is -2.42. The van der Waals surface area contributed by atoms with E-state index >= 15 is 0 Å². The molecule has 0 unspecified atom stereocenters. The van der Waals surface area contributed by atoms with E-state index < -0.39 is 11.8 Å². The average Bonchev–Trinajstić information content (AvgIpc) is 2.76. The molecule has 0 aliphatic rings. The minimum absolute atomic E-state index is 0.312. The normalized spacial score (nSPS) is 10.0. The highest BCUT2D eigenvalue weighted by atomic mass is 16.5. The van der Waals surface area contributed by atoms with E-state index in [1.54, 1.807) is 32.2 Å². The number of nitrogens with one attached hydrogen (secondary N) is 2. The SMILES string of the molecule is Cc1noc(C)c1C(=O)NNC(=O)c1cccnc1. The number of pyridine rings is 1. The third kappa shape index (κ3) is 2.76. The molecule has 2 N–H and O–H groups in total. The average molecular weight is 260 g/mol. The molecule has 2 amide bonds. The summed E-state index contributed by atoms with van der Waals surface area (Å²) < 4.78 is 4.87. The molecule has 0 aliphatic carbocycles. The van der Waals surface area contributed by atoms with Crippen LogP contribution in [-0.4, -0.2) is 22.0 Å². The lowest BCUT2D eigenvalue weighted by Gasteiger charge is -2.06. The van der Waals surface area contributed by atoms with Gasteiger partial charge in [-0.1, -0.05) is 5.16 Å². The van der Waals surface area contributed by atoms with Crippen molar-refractivity contribution < 1.29 is 14.1 Å². The topological polar surface area (TPSA) is 97.1 Å². The molecule has 0 aromatic carbocycles. The van der Waals surface area contributed by atoms with Crippen LogP contribution in [0, 0.1) is 13.8 Å². The molecule has 0 bridgehead atoms. The van der Waals surface area contributed by atoms with Crippen molar-refractivity contribution in [2.75, 3.05) is 0 Å². The molecular formula is C12H12N4O3. The predicted octanol–water partition coefficient (Wildman–Crippen LogP) is 0.761. The van der Waals surface area contributed by atoms with Crippen molar-refractivity contribution in [2.45, 2.75) is 13.8 Å². The van der Waals surface area contributed by atoms with Gasteiger partial charge in [-0.15, -0.1) is 0 Å². The summed E-state index contributed by atoms with van der Waals surface area (Å²) in [6.45, 7) is 3.27. The Balaban J connectivity index is 2.00. The smallest absolute Gasteiger partial charge is 0.275 e. The first-order chi connectivity index (χ1) is 9.09. The Labute approximate surface area is 109 Å². The molecule has 7 heteroatoms. The number of carbonyl (C=O) groups is 2. The summed E-state index contributed by atoms with van der Waals surface area (Å²) in [5, 5.41) is 3.66. The quantitative estimate of drug-likeness (QED) is 0.777. The van der Waals surface area contributed by atoms with Gasteiger partial charge in [0.05, 0.1) is 11.3 Å². The van der Waals surface area contributed by atoms with Crippen LogP contribution in [0.2, 0.25) is 0 Å². The maximum atomic E-state index is 11.8. The molecule has 2 heterocycles. The second kappa shape index (κ2) is 5.30. The fourth-order valence-electron chi connectivity index (χ4n) is 1.55. The Morgan fingerprint density at radius 2 is 1.95 bits per heavy atom. The van der Waals surface area contributed by atoms with Crippen molar-refractivity contribution in [1.29, 1.82) is 0 Å². The van der Waals surface area contributed by atoms with E-state index in [0.717, 1.165) is 0 Å². The summed E-state index contributed by atoms with van der Waals surface area (Å²) >= 11 is 0. The van der Waals surface area contributed by atoms with Gasteiger partial charge in [0.25, 0.3) is 11.8 Å². The van der Waals surface area contributed by atoms with Crippen LogP contribution in [0.3, 0.4) is 0 Å². The van der Waals surface area contributed by atoms with Crippen LogP contribution < -0.4 is 10.9 Å². The Bertz CT molecular complexity index is 587. The zero-order chi connectivity index (χ0) is 13.8. The van der Waals surface area contributed by atoms with Gasteiger partial charge in [0.2, 0.25) is 0 Å². The highest BCUT2D eigenvalue weighted by Crippen LogP contribution is 2.11. The number of nitrogens with zero attached hydrogens (tertiary/aromatic N) is 2. The van der Waals surface area contributed by atoms with E-state index in [9.17, 15) is 9.59 Å². The van der Waals surface area contributed by atoms with Crippen LogP contribution >= 0.6 is 0 Å². The molecule has 2 rings (SSSR count). The predicted molar refractivity (Wildman–Crippen MR) is 65.1 cm³/mol. The van der Waals surface area contributed by atoms with Gasteiger partial charge < -0.3 is 4.52 Å². The molecule has 0 saturated heterocycles. The molecule has 19 heavy (non-hydrogen) atoms. The van der Waals surface area contributed by atoms with Gasteiger partial charge in [0.1, 0.15) is 11.3 Å². The second-order valence-corrected chi connectivity index (χ2v) is 3.85. The first-order valence-electron chi connectivity index (χ1n) is 5.53. The molecule has 98 valence electrons. The van der Waals surface area contributed by atoms with Crippen molar-refractivity contribution in [3.05, 3.63) is 47.1 Å². The molecule has 0 saturated carbocycles. The van der Waals surface area contributed by atoms with E-state index in [1.807, 2.05) is 0 Å². The third-order valence-corrected chi connectivity index (χ3v) is 2.47. The summed E-state index contributed by atoms with van der Waals surface area (Å²) in [6.07, 6.45) is 2.95. The second-order valence-electron chi connectivity index (χ2n) is 3.85. The number of aryl methyl sites for hydroxylation is 2. The van der Waals surface area contributed by atoms with Gasteiger partial charge in [-0.25, -0.2) is 0 Å². The molecule has 0 radical (unpaired) electrons. The molecule has 7 nitrogen and oxygen atoms in total. The lowest BCUT2D eigenvalue weighted by molar-refractivity contribution is 0.0845. The van der Waals surface area contributed by atoms with Crippen LogP contribution in [0.5, 0.6) is 0 Å². The van der Waals surface area contributed by atoms with Crippen molar-refractivity contribution >= 4 is 11.8 Å². The van der Waals surface area contributed by atoms with E-state index in [1.165, 1.54) is 6.20 Å². The first kappa shape index (κ1) is 12.7. The molecule has 2 aromatic rings. The monoisotopic (exact) mass is 260 g/mol. The van der Waals surface area contributed by atoms with Crippen LogP contribution in [0.25, 0.3) is 0 Å². The van der Waals surface area contributed by atoms with Crippen LogP contribution in [-0.2, 0) is 0 Å². The van der Waals surface area contributed by atoms with Gasteiger partial charge in [-0.3, -0.25) is 25.4 Å². The minimum atomic E-state index is -0.478. The van der Waals surface area contributed by atoms with Crippen molar-refractivity contribution in [1.82, 2.24) is 21.0 Å². The molecule has 2 aromatic heterocycles. The van der Waals surface area contributed by atoms with Gasteiger partial charge in [0.15, 0.2) is 0 Å². The van der Waals surface area contributed by atoms with Crippen molar-refractivity contribution in [3.63, 3.8) is 0 Å². The number of hydrogen-bond acceptors (Lipinski definition) is 5. The highest BCUT2D eigenvalue weighted by molar-refractivity contribution is 5.99. The van der Waals surface area contributed by atoms with Gasteiger partial charge in [-0.2, -0.15) is 0 Å². The van der Waals surface area contributed by atoms with E-state index in [-0.39, 0.29) is 0 Å². The molecule has 0 atom stereocenters. The molecule has 0 fully saturated rings. The number of rotatable bonds is 2. The third-order valence-electron chi connectivity index (χ3n) is 2.47. The lowest BCUT2D eigenvalue weighted by atomic mass is 10.2. The summed E-state index contributed by atoms with van der Waals surface area (Å²) in [5.41, 5.74) is 5.72.